The van der Waals surface area contributed by atoms with Gasteiger partial charge in [-0.15, -0.1) is 0 Å². The highest BCUT2D eigenvalue weighted by Gasteiger charge is 2.08. The molecule has 4 heteroatoms. The Kier molecular flexibility index (Phi) is 5.46. The maximum Gasteiger partial charge on any atom is 0.252 e. The number of benzene rings is 2. The molecule has 25 heavy (non-hydrogen) atoms. The van der Waals surface area contributed by atoms with Crippen molar-refractivity contribution >= 4 is 17.5 Å². The van der Waals surface area contributed by atoms with Crippen LogP contribution in [0.5, 0.6) is 0 Å². The van der Waals surface area contributed by atoms with E-state index < -0.39 is 0 Å². The molecule has 1 amide bonds. The van der Waals surface area contributed by atoms with Crippen molar-refractivity contribution in [1.29, 1.82) is 0 Å². The third kappa shape index (κ3) is 4.68. The second kappa shape index (κ2) is 7.95. The summed E-state index contributed by atoms with van der Waals surface area (Å²) in [6.07, 6.45) is 4.12. The zero-order chi connectivity index (χ0) is 17.6. The lowest BCUT2D eigenvalue weighted by Crippen LogP contribution is -2.25. The molecule has 0 aliphatic rings. The van der Waals surface area contributed by atoms with Crippen LogP contribution in [0, 0.1) is 6.92 Å². The van der Waals surface area contributed by atoms with Crippen molar-refractivity contribution in [3.05, 3.63) is 88.7 Å². The number of rotatable bonds is 5. The first-order chi connectivity index (χ1) is 12.1. The fourth-order valence-corrected chi connectivity index (χ4v) is 2.67. The van der Waals surface area contributed by atoms with Crippen LogP contribution in [0.2, 0.25) is 5.02 Å². The summed E-state index contributed by atoms with van der Waals surface area (Å²) >= 11 is 5.87. The van der Waals surface area contributed by atoms with Crippen LogP contribution >= 0.6 is 11.6 Å². The fourth-order valence-electron chi connectivity index (χ4n) is 2.54. The molecule has 0 spiro atoms. The number of carbonyl (C=O) groups is 1. The summed E-state index contributed by atoms with van der Waals surface area (Å²) in [5.41, 5.74) is 4.89. The maximum absolute atomic E-state index is 12.4. The van der Waals surface area contributed by atoms with Crippen molar-refractivity contribution in [1.82, 2.24) is 10.3 Å². The molecule has 3 nitrogen and oxygen atoms in total. The average Bonchev–Trinajstić information content (AvgIpc) is 2.64. The SMILES string of the molecule is Cc1ccc(-c2cncc(C(=O)NCCc3ccc(Cl)cc3)c2)cc1. The Morgan fingerprint density at radius 2 is 1.72 bits per heavy atom. The Bertz CT molecular complexity index is 858. The maximum atomic E-state index is 12.4. The zero-order valence-electron chi connectivity index (χ0n) is 14.0. The molecule has 2 aromatic carbocycles. The number of amides is 1. The molecule has 0 saturated carbocycles. The van der Waals surface area contributed by atoms with Gasteiger partial charge in [0.05, 0.1) is 5.56 Å². The van der Waals surface area contributed by atoms with Crippen LogP contribution in [-0.4, -0.2) is 17.4 Å². The monoisotopic (exact) mass is 350 g/mol. The molecule has 0 fully saturated rings. The third-order valence-electron chi connectivity index (χ3n) is 4.00. The molecule has 0 aliphatic carbocycles. The molecular formula is C21H19ClN2O. The van der Waals surface area contributed by atoms with Gasteiger partial charge in [-0.2, -0.15) is 0 Å². The molecule has 0 unspecified atom stereocenters. The van der Waals surface area contributed by atoms with Crippen molar-refractivity contribution in [3.63, 3.8) is 0 Å². The number of hydrogen-bond donors (Lipinski definition) is 1. The Morgan fingerprint density at radius 1 is 1.00 bits per heavy atom. The molecule has 1 aromatic heterocycles. The van der Waals surface area contributed by atoms with E-state index in [0.29, 0.717) is 17.1 Å². The summed E-state index contributed by atoms with van der Waals surface area (Å²) in [6.45, 7) is 2.61. The van der Waals surface area contributed by atoms with Gasteiger partial charge < -0.3 is 5.32 Å². The highest BCUT2D eigenvalue weighted by molar-refractivity contribution is 6.30. The van der Waals surface area contributed by atoms with Crippen LogP contribution in [0.1, 0.15) is 21.5 Å². The number of nitrogens with zero attached hydrogens (tertiary/aromatic N) is 1. The number of pyridine rings is 1. The molecule has 0 atom stereocenters. The van der Waals surface area contributed by atoms with Gasteiger partial charge in [-0.05, 0) is 42.7 Å². The van der Waals surface area contributed by atoms with Crippen LogP contribution in [-0.2, 0) is 6.42 Å². The number of aromatic nitrogens is 1. The highest BCUT2D eigenvalue weighted by atomic mass is 35.5. The van der Waals surface area contributed by atoms with E-state index in [1.54, 1.807) is 12.4 Å². The van der Waals surface area contributed by atoms with Crippen molar-refractivity contribution in [3.8, 4) is 11.1 Å². The summed E-state index contributed by atoms with van der Waals surface area (Å²) < 4.78 is 0. The lowest BCUT2D eigenvalue weighted by molar-refractivity contribution is 0.0954. The van der Waals surface area contributed by atoms with Gasteiger partial charge in [-0.1, -0.05) is 53.6 Å². The second-order valence-electron chi connectivity index (χ2n) is 5.96. The predicted molar refractivity (Wildman–Crippen MR) is 102 cm³/mol. The minimum Gasteiger partial charge on any atom is -0.352 e. The van der Waals surface area contributed by atoms with E-state index in [-0.39, 0.29) is 5.91 Å². The summed E-state index contributed by atoms with van der Waals surface area (Å²) in [5, 5.41) is 3.65. The minimum absolute atomic E-state index is 0.115. The number of aryl methyl sites for hydroxylation is 1. The summed E-state index contributed by atoms with van der Waals surface area (Å²) in [5.74, 6) is -0.115. The Hall–Kier alpha value is -2.65. The topological polar surface area (TPSA) is 42.0 Å². The lowest BCUT2D eigenvalue weighted by Gasteiger charge is -2.07. The number of hydrogen-bond acceptors (Lipinski definition) is 2. The van der Waals surface area contributed by atoms with Gasteiger partial charge in [-0.25, -0.2) is 0 Å². The van der Waals surface area contributed by atoms with Crippen LogP contribution in [0.4, 0.5) is 0 Å². The molecule has 3 aromatic rings. The second-order valence-corrected chi connectivity index (χ2v) is 6.40. The van der Waals surface area contributed by atoms with Crippen LogP contribution in [0.15, 0.2) is 67.0 Å². The highest BCUT2D eigenvalue weighted by Crippen LogP contribution is 2.20. The van der Waals surface area contributed by atoms with Crippen molar-refractivity contribution in [2.75, 3.05) is 6.54 Å². The molecule has 0 saturated heterocycles. The number of carbonyl (C=O) groups excluding carboxylic acids is 1. The van der Waals surface area contributed by atoms with E-state index in [9.17, 15) is 4.79 Å². The Balaban J connectivity index is 1.63. The molecule has 126 valence electrons. The smallest absolute Gasteiger partial charge is 0.252 e. The first-order valence-corrected chi connectivity index (χ1v) is 8.54. The molecule has 1 heterocycles. The van der Waals surface area contributed by atoms with E-state index in [2.05, 4.69) is 10.3 Å². The van der Waals surface area contributed by atoms with Gasteiger partial charge in [0.25, 0.3) is 5.91 Å². The third-order valence-corrected chi connectivity index (χ3v) is 4.25. The Morgan fingerprint density at radius 3 is 2.44 bits per heavy atom. The normalized spacial score (nSPS) is 10.5. The standard InChI is InChI=1S/C21H19ClN2O/c1-15-2-6-17(7-3-15)18-12-19(14-23-13-18)21(25)24-11-10-16-4-8-20(22)9-5-16/h2-9,12-14H,10-11H2,1H3,(H,24,25). The average molecular weight is 351 g/mol. The van der Waals surface area contributed by atoms with Crippen LogP contribution in [0.25, 0.3) is 11.1 Å². The first-order valence-electron chi connectivity index (χ1n) is 8.16. The minimum atomic E-state index is -0.115. The first kappa shape index (κ1) is 17.2. The van der Waals surface area contributed by atoms with Crippen LogP contribution < -0.4 is 5.32 Å². The quantitative estimate of drug-likeness (QED) is 0.725. The molecule has 0 bridgehead atoms. The summed E-state index contributed by atoms with van der Waals surface area (Å²) in [4.78, 5) is 16.6. The molecule has 3 rings (SSSR count). The van der Waals surface area contributed by atoms with Crippen molar-refractivity contribution < 1.29 is 4.79 Å². The van der Waals surface area contributed by atoms with Gasteiger partial charge in [0.15, 0.2) is 0 Å². The van der Waals surface area contributed by atoms with E-state index >= 15 is 0 Å². The van der Waals surface area contributed by atoms with E-state index in [0.717, 1.165) is 23.1 Å². The lowest BCUT2D eigenvalue weighted by atomic mass is 10.0. The van der Waals surface area contributed by atoms with E-state index in [1.807, 2.05) is 61.5 Å². The zero-order valence-corrected chi connectivity index (χ0v) is 14.8. The van der Waals surface area contributed by atoms with Crippen LogP contribution in [0.3, 0.4) is 0 Å². The van der Waals surface area contributed by atoms with Crippen molar-refractivity contribution in [2.45, 2.75) is 13.3 Å². The van der Waals surface area contributed by atoms with Crippen molar-refractivity contribution in [2.24, 2.45) is 0 Å². The summed E-state index contributed by atoms with van der Waals surface area (Å²) in [7, 11) is 0. The van der Waals surface area contributed by atoms with Gasteiger partial charge in [0.2, 0.25) is 0 Å². The predicted octanol–water partition coefficient (Wildman–Crippen LogP) is 4.68. The molecule has 1 N–H and O–H groups in total. The molecule has 0 aliphatic heterocycles. The largest absolute Gasteiger partial charge is 0.352 e. The Labute approximate surface area is 152 Å². The summed E-state index contributed by atoms with van der Waals surface area (Å²) in [6, 6.07) is 17.7. The van der Waals surface area contributed by atoms with Gasteiger partial charge >= 0.3 is 0 Å². The fraction of sp³-hybridized carbons (Fsp3) is 0.143. The van der Waals surface area contributed by atoms with E-state index in [4.69, 9.17) is 11.6 Å². The van der Waals surface area contributed by atoms with E-state index in [1.165, 1.54) is 5.56 Å². The van der Waals surface area contributed by atoms with Gasteiger partial charge in [-0.3, -0.25) is 9.78 Å². The number of halogens is 1. The molecular weight excluding hydrogens is 332 g/mol. The van der Waals surface area contributed by atoms with Gasteiger partial charge in [0.1, 0.15) is 0 Å². The number of nitrogens with one attached hydrogen (secondary N) is 1. The molecule has 0 radical (unpaired) electrons. The van der Waals surface area contributed by atoms with Gasteiger partial charge in [0, 0.05) is 29.5 Å².